The molecule has 1 unspecified atom stereocenters. The van der Waals surface area contributed by atoms with Crippen LogP contribution in [0.1, 0.15) is 55.5 Å². The van der Waals surface area contributed by atoms with Crippen molar-refractivity contribution >= 4 is 36.9 Å². The van der Waals surface area contributed by atoms with E-state index in [0.717, 1.165) is 0 Å². The molecule has 1 atom stereocenters. The molecule has 0 bridgehead atoms. The van der Waals surface area contributed by atoms with E-state index in [1.807, 2.05) is 0 Å². The monoisotopic (exact) mass is 522 g/mol. The molecule has 0 radical (unpaired) electrons. The van der Waals surface area contributed by atoms with Crippen LogP contribution in [0.25, 0.3) is 0 Å². The average molecular weight is 523 g/mol. The number of allylic oxidation sites excluding steroid dienone is 4. The molecule has 0 N–H and O–H groups in total. The van der Waals surface area contributed by atoms with Gasteiger partial charge in [-0.05, 0) is 82.4 Å². The molecular weight excluding hydrogens is 477 g/mol. The van der Waals surface area contributed by atoms with Crippen molar-refractivity contribution in [3.05, 3.63) is 104 Å². The number of aryl methyl sites for hydroxylation is 5. The van der Waals surface area contributed by atoms with E-state index >= 15 is 0 Å². The minimum Gasteiger partial charge on any atom is -0.0656 e. The maximum Gasteiger partial charge on any atom is 0.177 e. The van der Waals surface area contributed by atoms with E-state index in [0.29, 0.717) is 5.92 Å². The van der Waals surface area contributed by atoms with Gasteiger partial charge in [0.25, 0.3) is 0 Å². The summed E-state index contributed by atoms with van der Waals surface area (Å²) in [6.45, 7) is 28.5. The van der Waals surface area contributed by atoms with Gasteiger partial charge in [-0.3, -0.25) is 0 Å². The molecule has 3 aromatic rings. The zero-order valence-corrected chi connectivity index (χ0v) is 27.3. The number of benzene rings is 3. The molecule has 2 heteroatoms. The first-order valence-corrected chi connectivity index (χ1v) is 19.4. The Bertz CT molecular complexity index is 1390. The normalized spacial score (nSPS) is 16.7. The molecule has 0 aliphatic heterocycles. The van der Waals surface area contributed by atoms with Crippen LogP contribution in [-0.2, 0) is 0 Å². The molecule has 0 heterocycles. The maximum atomic E-state index is 2.64. The third-order valence-electron chi connectivity index (χ3n) is 8.99. The van der Waals surface area contributed by atoms with Gasteiger partial charge in [-0.25, -0.2) is 0 Å². The van der Waals surface area contributed by atoms with Gasteiger partial charge in [-0.1, -0.05) is 131 Å². The quantitative estimate of drug-likeness (QED) is 0.248. The smallest absolute Gasteiger partial charge is 0.0656 e. The molecule has 0 saturated heterocycles. The predicted octanol–water partition coefficient (Wildman–Crippen LogP) is 7.09. The number of hydrogen-bond acceptors (Lipinski definition) is 0. The number of rotatable bonds is 5. The van der Waals surface area contributed by atoms with Gasteiger partial charge in [0.1, 0.15) is 0 Å². The summed E-state index contributed by atoms with van der Waals surface area (Å²) in [6.07, 6.45) is 0. The Hall–Kier alpha value is -2.43. The summed E-state index contributed by atoms with van der Waals surface area (Å²) in [5.74, 6) is 0.434. The van der Waals surface area contributed by atoms with Crippen LogP contribution in [0.15, 0.2) is 76.5 Å². The molecule has 0 nitrogen and oxygen atoms in total. The topological polar surface area (TPSA) is 0 Å². The third-order valence-corrected chi connectivity index (χ3v) is 16.5. The molecule has 1 aliphatic rings. The van der Waals surface area contributed by atoms with Crippen molar-refractivity contribution in [3.8, 4) is 0 Å². The summed E-state index contributed by atoms with van der Waals surface area (Å²) in [7, 11) is -4.14. The minimum atomic E-state index is -2.62. The molecule has 0 saturated carbocycles. The van der Waals surface area contributed by atoms with Crippen LogP contribution in [0.3, 0.4) is 0 Å². The van der Waals surface area contributed by atoms with Gasteiger partial charge < -0.3 is 0 Å². The Labute approximate surface area is 228 Å². The fraction of sp³-hybridized carbons (Fsp3) is 0.371. The van der Waals surface area contributed by atoms with E-state index in [1.165, 1.54) is 44.5 Å². The van der Waals surface area contributed by atoms with Gasteiger partial charge in [0.2, 0.25) is 0 Å². The Morgan fingerprint density at radius 1 is 0.541 bits per heavy atom. The second kappa shape index (κ2) is 9.71. The van der Waals surface area contributed by atoms with Crippen LogP contribution < -0.4 is 20.7 Å². The minimum absolute atomic E-state index is 0.434. The molecule has 0 spiro atoms. The average Bonchev–Trinajstić information content (AvgIpc) is 2.99. The standard InChI is InChI=1S/C35H46Si2/c1-22-13-15-33(25(4)17-22)37(34-16-14-23(2)18-26(34)5,35-29(8)27(6)28(7)30(35)9)32-20-24(3)19-31(21-32)36(10,11)12/h13-21,29H,1-12H3. The van der Waals surface area contributed by atoms with E-state index < -0.39 is 16.1 Å². The lowest BCUT2D eigenvalue weighted by Gasteiger charge is -2.41. The highest BCUT2D eigenvalue weighted by Gasteiger charge is 2.49. The van der Waals surface area contributed by atoms with E-state index in [1.54, 1.807) is 25.9 Å². The highest BCUT2D eigenvalue weighted by Crippen LogP contribution is 2.42. The summed E-state index contributed by atoms with van der Waals surface area (Å²) in [5, 5.41) is 7.93. The van der Waals surface area contributed by atoms with Crippen LogP contribution in [0.4, 0.5) is 0 Å². The van der Waals surface area contributed by atoms with Crippen LogP contribution in [-0.4, -0.2) is 16.1 Å². The van der Waals surface area contributed by atoms with Gasteiger partial charge in [0.15, 0.2) is 8.07 Å². The Morgan fingerprint density at radius 3 is 1.43 bits per heavy atom. The van der Waals surface area contributed by atoms with Gasteiger partial charge >= 0.3 is 0 Å². The number of hydrogen-bond donors (Lipinski definition) is 0. The molecule has 1 aliphatic carbocycles. The first-order chi connectivity index (χ1) is 17.2. The van der Waals surface area contributed by atoms with E-state index in [2.05, 4.69) is 137 Å². The molecule has 0 amide bonds. The van der Waals surface area contributed by atoms with Gasteiger partial charge in [-0.2, -0.15) is 0 Å². The van der Waals surface area contributed by atoms with Crippen molar-refractivity contribution in [2.75, 3.05) is 0 Å². The predicted molar refractivity (Wildman–Crippen MR) is 171 cm³/mol. The molecule has 0 aromatic heterocycles. The van der Waals surface area contributed by atoms with E-state index in [9.17, 15) is 0 Å². The van der Waals surface area contributed by atoms with Gasteiger partial charge in [0, 0.05) is 0 Å². The third kappa shape index (κ3) is 4.57. The van der Waals surface area contributed by atoms with Crippen LogP contribution in [0.2, 0.25) is 19.6 Å². The van der Waals surface area contributed by atoms with Crippen molar-refractivity contribution in [1.82, 2.24) is 0 Å². The Kier molecular flexibility index (Phi) is 7.24. The lowest BCUT2D eigenvalue weighted by atomic mass is 10.1. The van der Waals surface area contributed by atoms with Crippen molar-refractivity contribution in [1.29, 1.82) is 0 Å². The molecule has 37 heavy (non-hydrogen) atoms. The van der Waals surface area contributed by atoms with Gasteiger partial charge in [0.05, 0.1) is 8.07 Å². The Balaban J connectivity index is 2.30. The maximum absolute atomic E-state index is 2.64. The van der Waals surface area contributed by atoms with Gasteiger partial charge in [-0.15, -0.1) is 0 Å². The first-order valence-electron chi connectivity index (χ1n) is 13.9. The summed E-state index contributed by atoms with van der Waals surface area (Å²) >= 11 is 0. The lowest BCUT2D eigenvalue weighted by Crippen LogP contribution is -2.71. The molecular formula is C35H46Si2. The van der Waals surface area contributed by atoms with Crippen molar-refractivity contribution in [2.24, 2.45) is 5.92 Å². The van der Waals surface area contributed by atoms with Crippen LogP contribution in [0, 0.1) is 40.5 Å². The second-order valence-electron chi connectivity index (χ2n) is 12.8. The highest BCUT2D eigenvalue weighted by molar-refractivity contribution is 7.17. The second-order valence-corrected chi connectivity index (χ2v) is 21.6. The van der Waals surface area contributed by atoms with E-state index in [4.69, 9.17) is 0 Å². The largest absolute Gasteiger partial charge is 0.177 e. The summed E-state index contributed by atoms with van der Waals surface area (Å²) < 4.78 is 0. The zero-order valence-electron chi connectivity index (χ0n) is 25.3. The Morgan fingerprint density at radius 2 is 1.03 bits per heavy atom. The van der Waals surface area contributed by atoms with E-state index in [-0.39, 0.29) is 0 Å². The fourth-order valence-corrected chi connectivity index (χ4v) is 14.4. The summed E-state index contributed by atoms with van der Waals surface area (Å²) in [5.41, 5.74) is 11.5. The van der Waals surface area contributed by atoms with Crippen LogP contribution >= 0.6 is 0 Å². The SMILES string of the molecule is CC1=C(C)C(C)C([Si](c2cc(C)cc([Si](C)(C)C)c2)(c2ccc(C)cc2C)c2ccc(C)cc2C)=C1C. The van der Waals surface area contributed by atoms with Crippen molar-refractivity contribution in [2.45, 2.75) is 82.0 Å². The van der Waals surface area contributed by atoms with Crippen molar-refractivity contribution < 1.29 is 0 Å². The lowest BCUT2D eigenvalue weighted by molar-refractivity contribution is 0.851. The molecule has 3 aromatic carbocycles. The van der Waals surface area contributed by atoms with Crippen LogP contribution in [0.5, 0.6) is 0 Å². The zero-order chi connectivity index (χ0) is 27.4. The van der Waals surface area contributed by atoms with Crippen molar-refractivity contribution in [3.63, 3.8) is 0 Å². The molecule has 4 rings (SSSR count). The summed E-state index contributed by atoms with van der Waals surface area (Å²) in [6, 6.07) is 22.2. The fourth-order valence-electron chi connectivity index (χ4n) is 6.77. The summed E-state index contributed by atoms with van der Waals surface area (Å²) in [4.78, 5) is 0. The first kappa shape index (κ1) is 27.6. The molecule has 0 fully saturated rings. The highest BCUT2D eigenvalue weighted by atomic mass is 28.3. The molecule has 194 valence electrons.